The predicted molar refractivity (Wildman–Crippen MR) is 106 cm³/mol. The largest absolute Gasteiger partial charge is 0.481 e. The van der Waals surface area contributed by atoms with Gasteiger partial charge in [-0.2, -0.15) is 0 Å². The minimum absolute atomic E-state index is 0.222. The molecule has 0 saturated heterocycles. The van der Waals surface area contributed by atoms with Crippen LogP contribution in [0.3, 0.4) is 0 Å². The van der Waals surface area contributed by atoms with Crippen molar-refractivity contribution in [1.82, 2.24) is 10.3 Å². The van der Waals surface area contributed by atoms with Gasteiger partial charge in [0.2, 0.25) is 0 Å². The first-order valence-electron chi connectivity index (χ1n) is 7.92. The van der Waals surface area contributed by atoms with Crippen LogP contribution >= 0.6 is 34.5 Å². The SMILES string of the molecule is O=C(O)C[C@H](NC(=O)c1csc(-c2ccccc2)n1)c1ccc(Cl)cc1Cl. The summed E-state index contributed by atoms with van der Waals surface area (Å²) in [5.74, 6) is -1.53. The van der Waals surface area contributed by atoms with Crippen LogP contribution in [0, 0.1) is 0 Å². The highest BCUT2D eigenvalue weighted by Crippen LogP contribution is 2.29. The molecule has 0 radical (unpaired) electrons. The van der Waals surface area contributed by atoms with Crippen molar-refractivity contribution in [2.24, 2.45) is 0 Å². The Morgan fingerprint density at radius 3 is 2.56 bits per heavy atom. The molecule has 3 rings (SSSR count). The van der Waals surface area contributed by atoms with Gasteiger partial charge < -0.3 is 10.4 Å². The molecule has 0 unspecified atom stereocenters. The maximum atomic E-state index is 12.6. The van der Waals surface area contributed by atoms with Gasteiger partial charge in [-0.15, -0.1) is 11.3 Å². The molecule has 1 atom stereocenters. The molecular weight excluding hydrogens is 407 g/mol. The van der Waals surface area contributed by atoms with Crippen LogP contribution in [-0.4, -0.2) is 22.0 Å². The number of nitrogens with zero attached hydrogens (tertiary/aromatic N) is 1. The van der Waals surface area contributed by atoms with E-state index in [0.29, 0.717) is 15.6 Å². The Balaban J connectivity index is 1.82. The number of rotatable bonds is 6. The minimum Gasteiger partial charge on any atom is -0.481 e. The number of carboxylic acid groups (broad SMARTS) is 1. The van der Waals surface area contributed by atoms with Crippen LogP contribution in [0.4, 0.5) is 0 Å². The van der Waals surface area contributed by atoms with Crippen molar-refractivity contribution in [3.8, 4) is 10.6 Å². The number of carbonyl (C=O) groups is 2. The number of thiazole rings is 1. The summed E-state index contributed by atoms with van der Waals surface area (Å²) >= 11 is 13.4. The summed E-state index contributed by atoms with van der Waals surface area (Å²) in [6, 6.07) is 13.4. The van der Waals surface area contributed by atoms with Gasteiger partial charge in [-0.05, 0) is 17.7 Å². The quantitative estimate of drug-likeness (QED) is 0.583. The van der Waals surface area contributed by atoms with Crippen molar-refractivity contribution in [2.75, 3.05) is 0 Å². The summed E-state index contributed by atoms with van der Waals surface area (Å²) in [5, 5.41) is 15.0. The Bertz CT molecular complexity index is 976. The molecule has 1 aromatic heterocycles. The van der Waals surface area contributed by atoms with Crippen LogP contribution in [-0.2, 0) is 4.79 Å². The van der Waals surface area contributed by atoms with Gasteiger partial charge in [-0.1, -0.05) is 59.6 Å². The topological polar surface area (TPSA) is 79.3 Å². The molecule has 8 heteroatoms. The Labute approximate surface area is 169 Å². The summed E-state index contributed by atoms with van der Waals surface area (Å²) in [5.41, 5.74) is 1.61. The normalized spacial score (nSPS) is 11.8. The molecule has 3 aromatic rings. The Morgan fingerprint density at radius 1 is 1.15 bits per heavy atom. The molecule has 0 saturated carbocycles. The number of aliphatic carboxylic acids is 1. The number of benzene rings is 2. The van der Waals surface area contributed by atoms with Gasteiger partial charge in [0.1, 0.15) is 10.7 Å². The lowest BCUT2D eigenvalue weighted by atomic mass is 10.0. The third-order valence-electron chi connectivity index (χ3n) is 3.78. The van der Waals surface area contributed by atoms with E-state index in [9.17, 15) is 14.7 Å². The highest BCUT2D eigenvalue weighted by Gasteiger charge is 2.22. The summed E-state index contributed by atoms with van der Waals surface area (Å²) in [7, 11) is 0. The molecule has 0 bridgehead atoms. The lowest BCUT2D eigenvalue weighted by molar-refractivity contribution is -0.137. The highest BCUT2D eigenvalue weighted by molar-refractivity contribution is 7.13. The molecule has 0 aliphatic rings. The zero-order valence-electron chi connectivity index (χ0n) is 13.9. The average molecular weight is 421 g/mol. The van der Waals surface area contributed by atoms with Crippen LogP contribution in [0.5, 0.6) is 0 Å². The molecule has 2 N–H and O–H groups in total. The van der Waals surface area contributed by atoms with Gasteiger partial charge in [0, 0.05) is 21.0 Å². The monoisotopic (exact) mass is 420 g/mol. The first-order chi connectivity index (χ1) is 12.9. The fraction of sp³-hybridized carbons (Fsp3) is 0.105. The van der Waals surface area contributed by atoms with Crippen molar-refractivity contribution < 1.29 is 14.7 Å². The predicted octanol–water partition coefficient (Wildman–Crippen LogP) is 5.06. The second-order valence-corrected chi connectivity index (χ2v) is 7.40. The molecule has 5 nitrogen and oxygen atoms in total. The smallest absolute Gasteiger partial charge is 0.305 e. The van der Waals surface area contributed by atoms with E-state index in [-0.39, 0.29) is 17.1 Å². The molecule has 138 valence electrons. The third-order valence-corrected chi connectivity index (χ3v) is 5.23. The van der Waals surface area contributed by atoms with Crippen LogP contribution in [0.1, 0.15) is 28.5 Å². The van der Waals surface area contributed by atoms with E-state index in [1.54, 1.807) is 17.5 Å². The standard InChI is InChI=1S/C19H14Cl2N2O3S/c20-12-6-7-13(14(21)8-12)15(9-17(24)25)22-18(26)16-10-27-19(23-16)11-4-2-1-3-5-11/h1-8,10,15H,9H2,(H,22,26)(H,24,25)/t15-/m0/s1. The maximum Gasteiger partial charge on any atom is 0.305 e. The van der Waals surface area contributed by atoms with Gasteiger partial charge in [-0.3, -0.25) is 9.59 Å². The lowest BCUT2D eigenvalue weighted by Gasteiger charge is -2.18. The summed E-state index contributed by atoms with van der Waals surface area (Å²) in [4.78, 5) is 28.2. The molecular formula is C19H14Cl2N2O3S. The molecule has 0 spiro atoms. The van der Waals surface area contributed by atoms with E-state index in [1.807, 2.05) is 30.3 Å². The Kier molecular flexibility index (Phi) is 6.11. The lowest BCUT2D eigenvalue weighted by Crippen LogP contribution is -2.30. The first-order valence-corrected chi connectivity index (χ1v) is 9.56. The highest BCUT2D eigenvalue weighted by atomic mass is 35.5. The number of hydrogen-bond acceptors (Lipinski definition) is 4. The second kappa shape index (κ2) is 8.52. The van der Waals surface area contributed by atoms with E-state index in [0.717, 1.165) is 5.56 Å². The Morgan fingerprint density at radius 2 is 1.89 bits per heavy atom. The molecule has 2 aromatic carbocycles. The molecule has 0 aliphatic carbocycles. The molecule has 1 heterocycles. The number of nitrogens with one attached hydrogen (secondary N) is 1. The number of aromatic nitrogens is 1. The maximum absolute atomic E-state index is 12.6. The number of halogens is 2. The molecule has 0 fully saturated rings. The van der Waals surface area contributed by atoms with E-state index in [1.165, 1.54) is 17.4 Å². The third kappa shape index (κ3) is 4.86. The van der Waals surface area contributed by atoms with E-state index >= 15 is 0 Å². The van der Waals surface area contributed by atoms with Gasteiger partial charge >= 0.3 is 5.97 Å². The zero-order valence-corrected chi connectivity index (χ0v) is 16.2. The van der Waals surface area contributed by atoms with Crippen molar-refractivity contribution in [1.29, 1.82) is 0 Å². The van der Waals surface area contributed by atoms with Gasteiger partial charge in [0.05, 0.1) is 12.5 Å². The fourth-order valence-corrected chi connectivity index (χ4v) is 3.87. The average Bonchev–Trinajstić information content (AvgIpc) is 3.12. The van der Waals surface area contributed by atoms with Crippen molar-refractivity contribution in [3.05, 3.63) is 75.2 Å². The second-order valence-electron chi connectivity index (χ2n) is 5.69. The fourth-order valence-electron chi connectivity index (χ4n) is 2.52. The zero-order chi connectivity index (χ0) is 19.4. The molecule has 27 heavy (non-hydrogen) atoms. The summed E-state index contributed by atoms with van der Waals surface area (Å²) in [6.45, 7) is 0. The number of amides is 1. The van der Waals surface area contributed by atoms with Gasteiger partial charge in [0.25, 0.3) is 5.91 Å². The van der Waals surface area contributed by atoms with Crippen molar-refractivity contribution in [3.63, 3.8) is 0 Å². The van der Waals surface area contributed by atoms with Crippen LogP contribution in [0.2, 0.25) is 10.0 Å². The first kappa shape index (κ1) is 19.4. The molecule has 1 amide bonds. The van der Waals surface area contributed by atoms with E-state index in [4.69, 9.17) is 23.2 Å². The number of carbonyl (C=O) groups excluding carboxylic acids is 1. The van der Waals surface area contributed by atoms with Crippen molar-refractivity contribution in [2.45, 2.75) is 12.5 Å². The summed E-state index contributed by atoms with van der Waals surface area (Å²) in [6.07, 6.45) is -0.317. The van der Waals surface area contributed by atoms with Crippen LogP contribution in [0.15, 0.2) is 53.9 Å². The van der Waals surface area contributed by atoms with E-state index < -0.39 is 17.9 Å². The summed E-state index contributed by atoms with van der Waals surface area (Å²) < 4.78 is 0. The minimum atomic E-state index is -1.06. The van der Waals surface area contributed by atoms with Gasteiger partial charge in [-0.25, -0.2) is 4.98 Å². The molecule has 0 aliphatic heterocycles. The number of carboxylic acids is 1. The number of hydrogen-bond donors (Lipinski definition) is 2. The van der Waals surface area contributed by atoms with E-state index in [2.05, 4.69) is 10.3 Å². The van der Waals surface area contributed by atoms with Crippen molar-refractivity contribution >= 4 is 46.4 Å². The Hall–Kier alpha value is -2.41. The van der Waals surface area contributed by atoms with Crippen LogP contribution in [0.25, 0.3) is 10.6 Å². The van der Waals surface area contributed by atoms with Crippen LogP contribution < -0.4 is 5.32 Å². The van der Waals surface area contributed by atoms with Gasteiger partial charge in [0.15, 0.2) is 0 Å².